The van der Waals surface area contributed by atoms with Crippen molar-refractivity contribution in [1.29, 1.82) is 0 Å². The number of anilines is 1. The van der Waals surface area contributed by atoms with Gasteiger partial charge < -0.3 is 5.73 Å². The van der Waals surface area contributed by atoms with E-state index in [-0.39, 0.29) is 0 Å². The number of hydrogen-bond acceptors (Lipinski definition) is 2. The van der Waals surface area contributed by atoms with Gasteiger partial charge in [0, 0.05) is 15.8 Å². The zero-order valence-electron chi connectivity index (χ0n) is 4.06. The van der Waals surface area contributed by atoms with Crippen LogP contribution in [0.5, 0.6) is 0 Å². The standard InChI is InChI=1S/C5H4IN2/c6-4-1-2-5(7)8-3-4/h1,3H,(H2,7,8). The lowest BCUT2D eigenvalue weighted by Crippen LogP contribution is -1.88. The largest absolute Gasteiger partial charge is 0.383 e. The molecule has 1 aromatic rings. The number of aromatic nitrogens is 1. The van der Waals surface area contributed by atoms with Crippen molar-refractivity contribution < 1.29 is 0 Å². The number of nitrogens with zero attached hydrogens (tertiary/aromatic N) is 1. The maximum Gasteiger partial charge on any atom is 0.131 e. The van der Waals surface area contributed by atoms with E-state index in [4.69, 9.17) is 5.73 Å². The number of pyridine rings is 1. The number of hydrogen-bond donors (Lipinski definition) is 1. The second-order valence-corrected chi connectivity index (χ2v) is 2.56. The van der Waals surface area contributed by atoms with Gasteiger partial charge in [-0.25, -0.2) is 4.98 Å². The van der Waals surface area contributed by atoms with Crippen molar-refractivity contribution in [3.63, 3.8) is 0 Å². The first-order chi connectivity index (χ1) is 3.79. The smallest absolute Gasteiger partial charge is 0.131 e. The summed E-state index contributed by atoms with van der Waals surface area (Å²) in [5.74, 6) is 0.449. The zero-order valence-corrected chi connectivity index (χ0v) is 6.21. The van der Waals surface area contributed by atoms with Crippen LogP contribution < -0.4 is 5.73 Å². The van der Waals surface area contributed by atoms with E-state index in [9.17, 15) is 0 Å². The van der Waals surface area contributed by atoms with Gasteiger partial charge in [0.05, 0.1) is 0 Å². The fourth-order valence-corrected chi connectivity index (χ4v) is 0.644. The fraction of sp³-hybridized carbons (Fsp3) is 0. The summed E-state index contributed by atoms with van der Waals surface area (Å²) in [6.45, 7) is 0. The lowest BCUT2D eigenvalue weighted by atomic mass is 10.5. The second kappa shape index (κ2) is 2.30. The van der Waals surface area contributed by atoms with Gasteiger partial charge in [0.25, 0.3) is 0 Å². The zero-order chi connectivity index (χ0) is 5.98. The molecule has 0 saturated carbocycles. The van der Waals surface area contributed by atoms with Crippen molar-refractivity contribution in [2.24, 2.45) is 0 Å². The van der Waals surface area contributed by atoms with E-state index in [0.717, 1.165) is 3.57 Å². The van der Waals surface area contributed by atoms with Crippen LogP contribution in [0.25, 0.3) is 0 Å². The van der Waals surface area contributed by atoms with Gasteiger partial charge in [-0.1, -0.05) is 0 Å². The summed E-state index contributed by atoms with van der Waals surface area (Å²) >= 11 is 2.15. The summed E-state index contributed by atoms with van der Waals surface area (Å²) in [7, 11) is 0. The SMILES string of the molecule is Nc1[c]cc(I)cn1. The Bertz CT molecular complexity index is 149. The van der Waals surface area contributed by atoms with Gasteiger partial charge in [-0.05, 0) is 28.7 Å². The number of halogens is 1. The molecule has 2 N–H and O–H groups in total. The molecule has 0 unspecified atom stereocenters. The summed E-state index contributed by atoms with van der Waals surface area (Å²) in [6, 6.07) is 4.55. The van der Waals surface area contributed by atoms with Crippen LogP contribution >= 0.6 is 22.6 Å². The highest BCUT2D eigenvalue weighted by atomic mass is 127. The molecule has 1 rings (SSSR count). The van der Waals surface area contributed by atoms with E-state index in [1.54, 1.807) is 12.3 Å². The van der Waals surface area contributed by atoms with Crippen molar-refractivity contribution in [3.8, 4) is 0 Å². The molecule has 1 heterocycles. The summed E-state index contributed by atoms with van der Waals surface area (Å²) in [4.78, 5) is 3.79. The first-order valence-corrected chi connectivity index (χ1v) is 3.15. The van der Waals surface area contributed by atoms with Crippen LogP contribution in [0.2, 0.25) is 0 Å². The molecule has 0 bridgehead atoms. The second-order valence-electron chi connectivity index (χ2n) is 1.32. The van der Waals surface area contributed by atoms with Crippen LogP contribution in [-0.2, 0) is 0 Å². The van der Waals surface area contributed by atoms with Gasteiger partial charge in [0.15, 0.2) is 0 Å². The van der Waals surface area contributed by atoms with Crippen molar-refractivity contribution in [3.05, 3.63) is 21.9 Å². The Kier molecular flexibility index (Phi) is 1.67. The topological polar surface area (TPSA) is 38.9 Å². The number of nitrogens with two attached hydrogens (primary N) is 1. The predicted molar refractivity (Wildman–Crippen MR) is 40.2 cm³/mol. The van der Waals surface area contributed by atoms with Crippen molar-refractivity contribution >= 4 is 28.4 Å². The Hall–Kier alpha value is -0.320. The van der Waals surface area contributed by atoms with Crippen LogP contribution in [0.15, 0.2) is 12.3 Å². The number of nitrogen functional groups attached to an aromatic ring is 1. The normalized spacial score (nSPS) is 9.12. The Morgan fingerprint density at radius 3 is 2.88 bits per heavy atom. The molecule has 0 aliphatic heterocycles. The average molecular weight is 219 g/mol. The van der Waals surface area contributed by atoms with E-state index < -0.39 is 0 Å². The predicted octanol–water partition coefficient (Wildman–Crippen LogP) is 1.07. The van der Waals surface area contributed by atoms with Gasteiger partial charge in [-0.15, -0.1) is 0 Å². The third-order valence-electron chi connectivity index (χ3n) is 0.685. The molecule has 0 aliphatic rings. The molecule has 0 fully saturated rings. The molecule has 0 spiro atoms. The average Bonchev–Trinajstić information content (AvgIpc) is 1.77. The van der Waals surface area contributed by atoms with Crippen molar-refractivity contribution in [2.45, 2.75) is 0 Å². The number of rotatable bonds is 0. The lowest BCUT2D eigenvalue weighted by molar-refractivity contribution is 1.31. The molecule has 0 atom stereocenters. The molecule has 1 radical (unpaired) electrons. The molecular formula is C5H4IN2. The first-order valence-electron chi connectivity index (χ1n) is 2.08. The van der Waals surface area contributed by atoms with Gasteiger partial charge >= 0.3 is 0 Å². The van der Waals surface area contributed by atoms with Gasteiger partial charge in [0.1, 0.15) is 5.82 Å². The maximum absolute atomic E-state index is 5.26. The first kappa shape index (κ1) is 5.81. The maximum atomic E-state index is 5.26. The van der Waals surface area contributed by atoms with Gasteiger partial charge in [-0.3, -0.25) is 0 Å². The molecule has 0 aromatic carbocycles. The van der Waals surface area contributed by atoms with Gasteiger partial charge in [0.2, 0.25) is 0 Å². The van der Waals surface area contributed by atoms with Crippen LogP contribution in [0.3, 0.4) is 0 Å². The third kappa shape index (κ3) is 1.33. The molecule has 0 aliphatic carbocycles. The molecule has 0 amide bonds. The van der Waals surface area contributed by atoms with E-state index in [0.29, 0.717) is 5.82 Å². The lowest BCUT2D eigenvalue weighted by Gasteiger charge is -1.87. The van der Waals surface area contributed by atoms with E-state index in [2.05, 4.69) is 33.6 Å². The Morgan fingerprint density at radius 1 is 1.75 bits per heavy atom. The van der Waals surface area contributed by atoms with Gasteiger partial charge in [-0.2, -0.15) is 0 Å². The molecule has 3 heteroatoms. The Balaban J connectivity index is 3.03. The van der Waals surface area contributed by atoms with Crippen LogP contribution in [0.4, 0.5) is 5.82 Å². The van der Waals surface area contributed by atoms with E-state index in [1.807, 2.05) is 0 Å². The third-order valence-corrected chi connectivity index (χ3v) is 1.27. The monoisotopic (exact) mass is 219 g/mol. The van der Waals surface area contributed by atoms with E-state index in [1.165, 1.54) is 0 Å². The highest BCUT2D eigenvalue weighted by Crippen LogP contribution is 2.01. The summed E-state index contributed by atoms with van der Waals surface area (Å²) in [5, 5.41) is 0. The summed E-state index contributed by atoms with van der Waals surface area (Å²) in [6.07, 6.45) is 1.70. The Labute approximate surface area is 61.3 Å². The summed E-state index contributed by atoms with van der Waals surface area (Å²) < 4.78 is 1.05. The van der Waals surface area contributed by atoms with Crippen LogP contribution in [0.1, 0.15) is 0 Å². The molecule has 1 aromatic heterocycles. The van der Waals surface area contributed by atoms with Crippen molar-refractivity contribution in [2.75, 3.05) is 5.73 Å². The minimum atomic E-state index is 0.449. The fourth-order valence-electron chi connectivity index (χ4n) is 0.349. The highest BCUT2D eigenvalue weighted by Gasteiger charge is 1.84. The Morgan fingerprint density at radius 2 is 2.50 bits per heavy atom. The molecule has 41 valence electrons. The van der Waals surface area contributed by atoms with Crippen LogP contribution in [0, 0.1) is 9.64 Å². The van der Waals surface area contributed by atoms with Crippen LogP contribution in [-0.4, -0.2) is 4.98 Å². The molecule has 8 heavy (non-hydrogen) atoms. The molecule has 2 nitrogen and oxygen atoms in total. The quantitative estimate of drug-likeness (QED) is 0.662. The van der Waals surface area contributed by atoms with E-state index >= 15 is 0 Å². The minimum Gasteiger partial charge on any atom is -0.383 e. The van der Waals surface area contributed by atoms with Crippen molar-refractivity contribution in [1.82, 2.24) is 4.98 Å². The molecule has 0 saturated heterocycles. The summed E-state index contributed by atoms with van der Waals surface area (Å²) in [5.41, 5.74) is 5.26. The molecular weight excluding hydrogens is 215 g/mol. The highest BCUT2D eigenvalue weighted by molar-refractivity contribution is 14.1. The minimum absolute atomic E-state index is 0.449.